The first kappa shape index (κ1) is 71.0. The number of phosphoric ester groups is 1. The summed E-state index contributed by atoms with van der Waals surface area (Å²) in [7, 11) is 1.49. The number of esters is 1. The van der Waals surface area contributed by atoms with E-state index in [4.69, 9.17) is 13.8 Å². The maximum Gasteiger partial charge on any atom is 0.472 e. The maximum absolute atomic E-state index is 13.5. The number of carbonyl (C=O) groups is 2. The first-order valence-electron chi connectivity index (χ1n) is 31.0. The highest BCUT2D eigenvalue weighted by atomic mass is 31.2. The number of rotatable bonds is 56. The molecule has 0 aromatic rings. The van der Waals surface area contributed by atoms with E-state index in [1.165, 1.54) is 180 Å². The molecule has 0 rings (SSSR count). The van der Waals surface area contributed by atoms with Crippen molar-refractivity contribution in [2.24, 2.45) is 0 Å². The summed E-state index contributed by atoms with van der Waals surface area (Å²) in [5.41, 5.74) is 0. The van der Waals surface area contributed by atoms with Gasteiger partial charge in [-0.1, -0.05) is 237 Å². The lowest BCUT2D eigenvalue weighted by molar-refractivity contribution is -0.870. The van der Waals surface area contributed by atoms with Gasteiger partial charge >= 0.3 is 13.8 Å². The van der Waals surface area contributed by atoms with Crippen LogP contribution in [0.2, 0.25) is 0 Å². The molecule has 0 aliphatic carbocycles. The van der Waals surface area contributed by atoms with Crippen molar-refractivity contribution >= 4 is 19.7 Å². The molecule has 9 nitrogen and oxygen atoms in total. The fourth-order valence-corrected chi connectivity index (χ4v) is 9.64. The first-order chi connectivity index (χ1) is 35.4. The van der Waals surface area contributed by atoms with Crippen LogP contribution in [0.1, 0.15) is 290 Å². The standard InChI is InChI=1S/C63H119N2O7P/c1-7-10-13-16-19-22-25-27-29-31-32-34-36-38-41-44-47-50-53-56-63(67)72-61(54-51-48-45-42-39-24-21-18-15-12-9-3)60(59-71-73(68,69)70-58-57-65(4,5)6)64-62(66)55-52-49-46-43-40-37-35-33-30-28-26-23-20-17-14-11-8-2/h19,22,27-30,51,54,60-61H,7-18,20-21,23-26,31-50,52-53,55-59H2,1-6H3,(H-,64,66,68,69)/p+1/b22-19-,29-27-,30-28+,54-51+. The minimum absolute atomic E-state index is 0.0390. The molecule has 0 bridgehead atoms. The highest BCUT2D eigenvalue weighted by molar-refractivity contribution is 7.47. The summed E-state index contributed by atoms with van der Waals surface area (Å²) >= 11 is 0. The van der Waals surface area contributed by atoms with Crippen molar-refractivity contribution in [2.75, 3.05) is 40.9 Å². The van der Waals surface area contributed by atoms with Crippen molar-refractivity contribution in [3.63, 3.8) is 0 Å². The van der Waals surface area contributed by atoms with Crippen LogP contribution in [-0.2, 0) is 27.9 Å². The van der Waals surface area contributed by atoms with Gasteiger partial charge in [0.1, 0.15) is 19.3 Å². The van der Waals surface area contributed by atoms with Crippen LogP contribution >= 0.6 is 7.82 Å². The fourth-order valence-electron chi connectivity index (χ4n) is 8.91. The number of hydrogen-bond donors (Lipinski definition) is 2. The summed E-state index contributed by atoms with van der Waals surface area (Å²) in [6.07, 6.45) is 65.3. The number of quaternary nitrogens is 1. The van der Waals surface area contributed by atoms with Crippen molar-refractivity contribution < 1.29 is 37.3 Å². The van der Waals surface area contributed by atoms with E-state index in [1.807, 2.05) is 33.3 Å². The second-order valence-corrected chi connectivity index (χ2v) is 23.7. The molecule has 0 aliphatic rings. The van der Waals surface area contributed by atoms with E-state index in [0.29, 0.717) is 17.4 Å². The highest BCUT2D eigenvalue weighted by Gasteiger charge is 2.30. The average Bonchev–Trinajstić information content (AvgIpc) is 3.35. The molecule has 0 aliphatic heterocycles. The van der Waals surface area contributed by atoms with E-state index in [9.17, 15) is 19.0 Å². The molecule has 428 valence electrons. The van der Waals surface area contributed by atoms with Crippen LogP contribution in [0.4, 0.5) is 0 Å². The molecule has 0 saturated carbocycles. The van der Waals surface area contributed by atoms with E-state index in [0.717, 1.165) is 77.0 Å². The Morgan fingerprint density at radius 1 is 0.479 bits per heavy atom. The molecule has 10 heteroatoms. The summed E-state index contributed by atoms with van der Waals surface area (Å²) in [4.78, 5) is 37.7. The Balaban J connectivity index is 5.23. The number of nitrogens with one attached hydrogen (secondary N) is 1. The van der Waals surface area contributed by atoms with E-state index < -0.39 is 20.0 Å². The number of allylic oxidation sites excluding steroid dienone is 7. The van der Waals surface area contributed by atoms with Crippen molar-refractivity contribution in [2.45, 2.75) is 303 Å². The molecule has 0 aromatic carbocycles. The van der Waals surface area contributed by atoms with Crippen LogP contribution in [-0.4, -0.2) is 74.3 Å². The fraction of sp³-hybridized carbons (Fsp3) is 0.841. The van der Waals surface area contributed by atoms with Gasteiger partial charge in [0, 0.05) is 12.8 Å². The third kappa shape index (κ3) is 54.6. The lowest BCUT2D eigenvalue weighted by atomic mass is 10.0. The summed E-state index contributed by atoms with van der Waals surface area (Å²) in [6.45, 7) is 6.99. The van der Waals surface area contributed by atoms with Crippen LogP contribution < -0.4 is 5.32 Å². The van der Waals surface area contributed by atoms with E-state index >= 15 is 0 Å². The zero-order chi connectivity index (χ0) is 53.6. The number of hydrogen-bond acceptors (Lipinski definition) is 6. The number of nitrogens with zero attached hydrogens (tertiary/aromatic N) is 1. The quantitative estimate of drug-likeness (QED) is 0.0205. The molecule has 0 saturated heterocycles. The van der Waals surface area contributed by atoms with E-state index in [-0.39, 0.29) is 31.5 Å². The van der Waals surface area contributed by atoms with Crippen molar-refractivity contribution in [3.05, 3.63) is 48.6 Å². The number of phosphoric acid groups is 1. The van der Waals surface area contributed by atoms with E-state index in [1.54, 1.807) is 0 Å². The Bertz CT molecular complexity index is 1390. The van der Waals surface area contributed by atoms with Crippen LogP contribution in [0, 0.1) is 0 Å². The molecule has 2 N–H and O–H groups in total. The molecule has 73 heavy (non-hydrogen) atoms. The molecule has 0 spiro atoms. The lowest BCUT2D eigenvalue weighted by Crippen LogP contribution is -2.47. The largest absolute Gasteiger partial charge is 0.472 e. The van der Waals surface area contributed by atoms with Crippen LogP contribution in [0.3, 0.4) is 0 Å². The van der Waals surface area contributed by atoms with E-state index in [2.05, 4.69) is 62.5 Å². The van der Waals surface area contributed by atoms with Gasteiger partial charge in [-0.05, 0) is 89.5 Å². The van der Waals surface area contributed by atoms with Gasteiger partial charge in [0.25, 0.3) is 0 Å². The highest BCUT2D eigenvalue weighted by Crippen LogP contribution is 2.43. The van der Waals surface area contributed by atoms with Crippen LogP contribution in [0.5, 0.6) is 0 Å². The number of unbranched alkanes of at least 4 members (excludes halogenated alkanes) is 34. The predicted octanol–water partition coefficient (Wildman–Crippen LogP) is 18.9. The Kier molecular flexibility index (Phi) is 51.9. The monoisotopic (exact) mass is 1050 g/mol. The smallest absolute Gasteiger partial charge is 0.456 e. The van der Waals surface area contributed by atoms with Crippen molar-refractivity contribution in [3.8, 4) is 0 Å². The van der Waals surface area contributed by atoms with Gasteiger partial charge < -0.3 is 19.4 Å². The third-order valence-electron chi connectivity index (χ3n) is 13.7. The normalized spacial score (nSPS) is 14.0. The summed E-state index contributed by atoms with van der Waals surface area (Å²) in [5, 5.41) is 3.05. The summed E-state index contributed by atoms with van der Waals surface area (Å²) < 4.78 is 30.7. The van der Waals surface area contributed by atoms with Crippen LogP contribution in [0.15, 0.2) is 48.6 Å². The zero-order valence-corrected chi connectivity index (χ0v) is 49.8. The SMILES string of the molecule is CCCCC/C=C\C/C=C\CCCCCCCCCCCC(=O)OC(/C=C/CCCCCCCCCCC)C(COP(=O)(O)OCC[N+](C)(C)C)NC(=O)CCCCCCCCC/C=C/CCCCCCCC. The molecule has 0 aromatic heterocycles. The number of ether oxygens (including phenoxy) is 1. The molecule has 1 amide bonds. The second-order valence-electron chi connectivity index (χ2n) is 22.2. The van der Waals surface area contributed by atoms with Gasteiger partial charge in [-0.2, -0.15) is 0 Å². The molecule has 3 atom stereocenters. The van der Waals surface area contributed by atoms with Crippen LogP contribution in [0.25, 0.3) is 0 Å². The molecular weight excluding hydrogens is 928 g/mol. The van der Waals surface area contributed by atoms with Gasteiger partial charge in [0.2, 0.25) is 5.91 Å². The Morgan fingerprint density at radius 3 is 1.27 bits per heavy atom. The average molecular weight is 1050 g/mol. The van der Waals surface area contributed by atoms with Gasteiger partial charge in [-0.3, -0.25) is 18.6 Å². The zero-order valence-electron chi connectivity index (χ0n) is 48.9. The summed E-state index contributed by atoms with van der Waals surface area (Å²) in [5.74, 6) is -0.508. The molecule has 0 radical (unpaired) electrons. The van der Waals surface area contributed by atoms with Gasteiger partial charge in [0.05, 0.1) is 33.8 Å². The molecule has 0 heterocycles. The Hall–Kier alpha value is -2.03. The maximum atomic E-state index is 13.5. The van der Waals surface area contributed by atoms with Crippen molar-refractivity contribution in [1.82, 2.24) is 5.32 Å². The number of carbonyl (C=O) groups excluding carboxylic acids is 2. The van der Waals surface area contributed by atoms with Gasteiger partial charge in [-0.15, -0.1) is 0 Å². The first-order valence-corrected chi connectivity index (χ1v) is 32.5. The Labute approximate surface area is 452 Å². The third-order valence-corrected chi connectivity index (χ3v) is 14.7. The lowest BCUT2D eigenvalue weighted by Gasteiger charge is -2.27. The number of amides is 1. The predicted molar refractivity (Wildman–Crippen MR) is 314 cm³/mol. The number of likely N-dealkylation sites (N-methyl/N-ethyl adjacent to an activating group) is 1. The molecule has 3 unspecified atom stereocenters. The van der Waals surface area contributed by atoms with Gasteiger partial charge in [0.15, 0.2) is 0 Å². The summed E-state index contributed by atoms with van der Waals surface area (Å²) in [6, 6.07) is -0.851. The molecule has 0 fully saturated rings. The second kappa shape index (κ2) is 53.4. The minimum Gasteiger partial charge on any atom is -0.456 e. The van der Waals surface area contributed by atoms with Gasteiger partial charge in [-0.25, -0.2) is 4.57 Å². The topological polar surface area (TPSA) is 111 Å². The molecular formula is C63H120N2O7P+. The Morgan fingerprint density at radius 2 is 0.836 bits per heavy atom. The minimum atomic E-state index is -4.45. The van der Waals surface area contributed by atoms with Crippen molar-refractivity contribution in [1.29, 1.82) is 0 Å².